The topological polar surface area (TPSA) is 138 Å². The van der Waals surface area contributed by atoms with Crippen LogP contribution in [0, 0.1) is 66.0 Å². The predicted octanol–water partition coefficient (Wildman–Crippen LogP) is 13.9. The Morgan fingerprint density at radius 2 is 0.941 bits per heavy atom. The Morgan fingerprint density at radius 3 is 1.34 bits per heavy atom. The summed E-state index contributed by atoms with van der Waals surface area (Å²) in [5, 5.41) is 30.7. The fourth-order valence-electron chi connectivity index (χ4n) is 17.6. The van der Waals surface area contributed by atoms with Crippen molar-refractivity contribution in [2.75, 3.05) is 6.61 Å². The van der Waals surface area contributed by atoms with Crippen LogP contribution >= 0.6 is 0 Å². The lowest BCUT2D eigenvalue weighted by Gasteiger charge is -2.70. The van der Waals surface area contributed by atoms with E-state index in [2.05, 4.69) is 86.6 Å². The van der Waals surface area contributed by atoms with Crippen molar-refractivity contribution in [3.05, 3.63) is 92.6 Å². The third-order valence-corrected chi connectivity index (χ3v) is 23.0. The maximum absolute atomic E-state index is 13.1. The molecule has 10 aliphatic rings. The highest BCUT2D eigenvalue weighted by Gasteiger charge is 2.69. The largest absolute Gasteiger partial charge is 0.504 e. The van der Waals surface area contributed by atoms with E-state index in [9.17, 15) is 34.5 Å². The lowest BCUT2D eigenvalue weighted by molar-refractivity contribution is -0.182. The fourth-order valence-corrected chi connectivity index (χ4v) is 17.6. The first-order valence-electron chi connectivity index (χ1n) is 26.1. The van der Waals surface area contributed by atoms with E-state index in [0.717, 1.165) is 112 Å². The first kappa shape index (κ1) is 48.8. The van der Waals surface area contributed by atoms with Crippen LogP contribution in [0.25, 0.3) is 0 Å². The zero-order valence-corrected chi connectivity index (χ0v) is 43.6. The molecule has 10 rings (SSSR count). The number of hydrogen-bond acceptors (Lipinski definition) is 7. The number of carbonyl (C=O) groups is 4. The minimum atomic E-state index is -0.655. The summed E-state index contributed by atoms with van der Waals surface area (Å²) in [6, 6.07) is 0. The lowest BCUT2D eigenvalue weighted by Crippen LogP contribution is -2.62. The summed E-state index contributed by atoms with van der Waals surface area (Å²) in [7, 11) is 0. The highest BCUT2D eigenvalue weighted by molar-refractivity contribution is 6.07. The van der Waals surface area contributed by atoms with Crippen molar-refractivity contribution in [1.82, 2.24) is 0 Å². The molecule has 68 heavy (non-hydrogen) atoms. The van der Waals surface area contributed by atoms with Gasteiger partial charge < -0.3 is 20.1 Å². The van der Waals surface area contributed by atoms with Crippen LogP contribution in [0.4, 0.5) is 0 Å². The fraction of sp³-hybridized carbons (Fsp3) is 0.667. The average molecular weight is 929 g/mol. The highest BCUT2D eigenvalue weighted by Crippen LogP contribution is 2.77. The zero-order chi connectivity index (χ0) is 49.8. The van der Waals surface area contributed by atoms with Crippen LogP contribution in [-0.4, -0.2) is 45.4 Å². The molecule has 0 aromatic heterocycles. The number of carbonyl (C=O) groups excluding carboxylic acids is 3. The molecule has 3 N–H and O–H groups in total. The van der Waals surface area contributed by atoms with E-state index in [1.807, 2.05) is 27.7 Å². The van der Waals surface area contributed by atoms with Gasteiger partial charge in [-0.3, -0.25) is 19.2 Å². The van der Waals surface area contributed by atoms with E-state index >= 15 is 0 Å². The molecular weight excluding hydrogens is 849 g/mol. The Kier molecular flexibility index (Phi) is 10.9. The van der Waals surface area contributed by atoms with Gasteiger partial charge in [-0.25, -0.2) is 0 Å². The van der Waals surface area contributed by atoms with Gasteiger partial charge in [-0.1, -0.05) is 90.8 Å². The molecule has 12 atom stereocenters. The molecule has 6 fully saturated rings. The Hall–Kier alpha value is -4.20. The summed E-state index contributed by atoms with van der Waals surface area (Å²) in [6.07, 6.45) is 26.0. The van der Waals surface area contributed by atoms with Gasteiger partial charge >= 0.3 is 11.9 Å². The Labute approximate surface area is 406 Å². The van der Waals surface area contributed by atoms with Gasteiger partial charge in [-0.2, -0.15) is 0 Å². The van der Waals surface area contributed by atoms with Crippen molar-refractivity contribution in [2.24, 2.45) is 66.0 Å². The minimum Gasteiger partial charge on any atom is -0.504 e. The van der Waals surface area contributed by atoms with Crippen LogP contribution in [0.5, 0.6) is 0 Å². The van der Waals surface area contributed by atoms with Crippen molar-refractivity contribution in [1.29, 1.82) is 0 Å². The van der Waals surface area contributed by atoms with Crippen LogP contribution in [-0.2, 0) is 23.9 Å². The number of aliphatic carboxylic acids is 1. The van der Waals surface area contributed by atoms with Crippen molar-refractivity contribution >= 4 is 23.5 Å². The number of ether oxygens (including phenoxy) is 1. The molecule has 8 heteroatoms. The number of aliphatic hydroxyl groups excluding tert-OH is 2. The first-order valence-corrected chi connectivity index (χ1v) is 26.1. The van der Waals surface area contributed by atoms with Crippen molar-refractivity contribution in [3.63, 3.8) is 0 Å². The summed E-state index contributed by atoms with van der Waals surface area (Å²) in [6.45, 7) is 29.3. The molecule has 8 nitrogen and oxygen atoms in total. The average Bonchev–Trinajstić information content (AvgIpc) is 3.28. The van der Waals surface area contributed by atoms with Crippen LogP contribution in [0.2, 0.25) is 0 Å². The molecule has 0 amide bonds. The van der Waals surface area contributed by atoms with Crippen molar-refractivity contribution < 1.29 is 39.2 Å². The van der Waals surface area contributed by atoms with E-state index in [1.165, 1.54) is 11.1 Å². The molecule has 368 valence electrons. The molecule has 0 aliphatic heterocycles. The van der Waals surface area contributed by atoms with Crippen molar-refractivity contribution in [3.8, 4) is 0 Å². The standard InChI is InChI=1S/C31H42O4.C29H38O4/c1-8-35-26(34)28(4)12-11-27(3)13-15-30(6)23-10-9-20-19(2)25(33)22(32)17-21(20)29(23,5)14-16-31(30,7)24(27)18-28;1-17-18-7-8-21-27(4,19(18)15-20(30)23(17)31)12-14-29(6)22-16-26(3,24(32)33)10-9-25(22,2)11-13-28(21,29)5/h9-10,17,24,33H,8,11-16,18H2,1-7H3;7-8,15,22,31H,9-14,16H2,1-6H3,(H,32,33)/t24-,27-,28-,29+,30-,31+;22-,25-,26-,27+,28-,29+/m11/s1. The number of rotatable bonds is 3. The quantitative estimate of drug-likeness (QED) is 0.238. The smallest absolute Gasteiger partial charge is 0.311 e. The number of ketones is 2. The predicted molar refractivity (Wildman–Crippen MR) is 266 cm³/mol. The first-order chi connectivity index (χ1) is 31.5. The summed E-state index contributed by atoms with van der Waals surface area (Å²) in [4.78, 5) is 50.5. The second-order valence-electron chi connectivity index (χ2n) is 26.2. The molecule has 0 unspecified atom stereocenters. The van der Waals surface area contributed by atoms with Gasteiger partial charge in [0.05, 0.1) is 17.4 Å². The number of esters is 1. The Balaban J connectivity index is 0.000000170. The number of allylic oxidation sites excluding steroid dienone is 14. The van der Waals surface area contributed by atoms with Gasteiger partial charge in [0.25, 0.3) is 0 Å². The summed E-state index contributed by atoms with van der Waals surface area (Å²) in [5.74, 6) is -0.732. The van der Waals surface area contributed by atoms with Crippen molar-refractivity contribution in [2.45, 2.75) is 180 Å². The third-order valence-electron chi connectivity index (χ3n) is 23.0. The summed E-state index contributed by atoms with van der Waals surface area (Å²) in [5.41, 5.74) is 7.15. The molecular formula is C60H80O8. The van der Waals surface area contributed by atoms with E-state index in [0.29, 0.717) is 29.6 Å². The van der Waals surface area contributed by atoms with Gasteiger partial charge in [-0.15, -0.1) is 0 Å². The number of hydrogen-bond donors (Lipinski definition) is 3. The van der Waals surface area contributed by atoms with Gasteiger partial charge in [-0.05, 0) is 203 Å². The normalized spacial score (nSPS) is 45.7. The molecule has 0 aromatic carbocycles. The maximum Gasteiger partial charge on any atom is 0.311 e. The summed E-state index contributed by atoms with van der Waals surface area (Å²) >= 11 is 0. The van der Waals surface area contributed by atoms with Crippen LogP contribution in [0.3, 0.4) is 0 Å². The number of fused-ring (bicyclic) bond motifs is 14. The maximum atomic E-state index is 13.1. The number of aliphatic hydroxyl groups is 2. The van der Waals surface area contributed by atoms with E-state index in [1.54, 1.807) is 12.2 Å². The van der Waals surface area contributed by atoms with Gasteiger partial charge in [0, 0.05) is 22.0 Å². The highest BCUT2D eigenvalue weighted by atomic mass is 16.5. The molecule has 0 aromatic rings. The van der Waals surface area contributed by atoms with Crippen LogP contribution in [0.1, 0.15) is 180 Å². The molecule has 0 radical (unpaired) electrons. The molecule has 0 spiro atoms. The molecule has 0 bridgehead atoms. The zero-order valence-electron chi connectivity index (χ0n) is 43.6. The molecule has 6 saturated carbocycles. The molecule has 10 aliphatic carbocycles. The summed E-state index contributed by atoms with van der Waals surface area (Å²) < 4.78 is 5.56. The Bertz CT molecular complexity index is 2590. The molecule has 0 heterocycles. The van der Waals surface area contributed by atoms with E-state index in [4.69, 9.17) is 4.74 Å². The number of carboxylic acid groups (broad SMARTS) is 1. The van der Waals surface area contributed by atoms with Gasteiger partial charge in [0.2, 0.25) is 11.6 Å². The second-order valence-corrected chi connectivity index (χ2v) is 26.2. The monoisotopic (exact) mass is 929 g/mol. The minimum absolute atomic E-state index is 0.0000746. The Morgan fingerprint density at radius 1 is 0.559 bits per heavy atom. The van der Waals surface area contributed by atoms with Gasteiger partial charge in [0.1, 0.15) is 0 Å². The van der Waals surface area contributed by atoms with E-state index in [-0.39, 0.29) is 72.4 Å². The lowest BCUT2D eigenvalue weighted by atomic mass is 9.34. The number of carboxylic acids is 1. The SMILES string of the molecule is CC1=C(O)C(=O)C=C2C1=CC=C1[C@@]2(C)CC[C@@]2(C)[C@@H]3C[C@](C)(C(=O)O)CC[C@]3(C)CC[C@]12C.CCOC(=O)[C@]1(C)CC[C@]2(C)CC[C@]3(C)C4=CC=C5C(=CC(=O)C(O)=C5C)[C@]4(C)CC[C@@]3(C)[C@@H]2C1. The van der Waals surface area contributed by atoms with Crippen LogP contribution in [0.15, 0.2) is 92.6 Å². The molecule has 0 saturated heterocycles. The van der Waals surface area contributed by atoms with Crippen LogP contribution < -0.4 is 0 Å². The van der Waals surface area contributed by atoms with Gasteiger partial charge in [0.15, 0.2) is 11.5 Å². The second kappa shape index (κ2) is 15.2. The van der Waals surface area contributed by atoms with E-state index < -0.39 is 16.8 Å². The third kappa shape index (κ3) is 6.28.